The first-order chi connectivity index (χ1) is 6.68. The SMILES string of the molecule is Fc1cc(F)c(-c2cnco2)c(F)c1. The number of oxazole rings is 1. The summed E-state index contributed by atoms with van der Waals surface area (Å²) in [7, 11) is 0. The van der Waals surface area contributed by atoms with Crippen LogP contribution in [0.1, 0.15) is 0 Å². The lowest BCUT2D eigenvalue weighted by atomic mass is 10.1. The van der Waals surface area contributed by atoms with E-state index in [1.807, 2.05) is 0 Å². The third-order valence-electron chi connectivity index (χ3n) is 1.69. The summed E-state index contributed by atoms with van der Waals surface area (Å²) in [4.78, 5) is 3.51. The average molecular weight is 199 g/mol. The van der Waals surface area contributed by atoms with Gasteiger partial charge < -0.3 is 4.42 Å². The Labute approximate surface area is 77.0 Å². The van der Waals surface area contributed by atoms with Gasteiger partial charge in [-0.3, -0.25) is 0 Å². The van der Waals surface area contributed by atoms with Crippen LogP contribution in [0.2, 0.25) is 0 Å². The molecule has 0 spiro atoms. The Morgan fingerprint density at radius 2 is 1.71 bits per heavy atom. The summed E-state index contributed by atoms with van der Waals surface area (Å²) >= 11 is 0. The standard InChI is InChI=1S/C9H4F3NO/c10-5-1-6(11)9(7(12)2-5)8-3-13-4-14-8/h1-4H. The third-order valence-corrected chi connectivity index (χ3v) is 1.69. The first kappa shape index (κ1) is 8.80. The summed E-state index contributed by atoms with van der Waals surface area (Å²) < 4.78 is 43.4. The molecule has 14 heavy (non-hydrogen) atoms. The van der Waals surface area contributed by atoms with Gasteiger partial charge in [0.15, 0.2) is 12.2 Å². The molecule has 1 heterocycles. The predicted molar refractivity (Wildman–Crippen MR) is 41.8 cm³/mol. The molecular formula is C9H4F3NO. The van der Waals surface area contributed by atoms with Crippen LogP contribution in [0, 0.1) is 17.5 Å². The van der Waals surface area contributed by atoms with Gasteiger partial charge in [0.25, 0.3) is 0 Å². The number of halogens is 3. The van der Waals surface area contributed by atoms with Gasteiger partial charge in [-0.25, -0.2) is 18.2 Å². The van der Waals surface area contributed by atoms with Crippen LogP contribution in [-0.4, -0.2) is 4.98 Å². The lowest BCUT2D eigenvalue weighted by Gasteiger charge is -2.00. The molecule has 0 amide bonds. The molecule has 0 radical (unpaired) electrons. The maximum absolute atomic E-state index is 13.1. The number of rotatable bonds is 1. The van der Waals surface area contributed by atoms with Crippen molar-refractivity contribution in [2.75, 3.05) is 0 Å². The molecule has 0 aliphatic carbocycles. The quantitative estimate of drug-likeness (QED) is 0.705. The normalized spacial score (nSPS) is 10.5. The Bertz CT molecular complexity index is 430. The molecule has 0 fully saturated rings. The van der Waals surface area contributed by atoms with Crippen molar-refractivity contribution in [1.29, 1.82) is 0 Å². The molecule has 0 unspecified atom stereocenters. The van der Waals surface area contributed by atoms with Gasteiger partial charge in [-0.05, 0) is 0 Å². The first-order valence-electron chi connectivity index (χ1n) is 3.72. The molecule has 1 aromatic heterocycles. The summed E-state index contributed by atoms with van der Waals surface area (Å²) in [6, 6.07) is 1.17. The van der Waals surface area contributed by atoms with Gasteiger partial charge in [0, 0.05) is 12.1 Å². The van der Waals surface area contributed by atoms with E-state index in [0.29, 0.717) is 12.1 Å². The Hall–Kier alpha value is -1.78. The van der Waals surface area contributed by atoms with E-state index in [0.717, 1.165) is 12.6 Å². The van der Waals surface area contributed by atoms with Crippen LogP contribution in [0.15, 0.2) is 29.1 Å². The maximum atomic E-state index is 13.1. The van der Waals surface area contributed by atoms with Crippen molar-refractivity contribution in [1.82, 2.24) is 4.98 Å². The summed E-state index contributed by atoms with van der Waals surface area (Å²) in [6.07, 6.45) is 2.19. The summed E-state index contributed by atoms with van der Waals surface area (Å²) in [6.45, 7) is 0. The van der Waals surface area contributed by atoms with Gasteiger partial charge in [0.05, 0.1) is 11.8 Å². The Morgan fingerprint density at radius 3 is 2.21 bits per heavy atom. The number of benzene rings is 1. The van der Waals surface area contributed by atoms with E-state index in [1.54, 1.807) is 0 Å². The highest BCUT2D eigenvalue weighted by Crippen LogP contribution is 2.26. The van der Waals surface area contributed by atoms with E-state index in [4.69, 9.17) is 4.42 Å². The second-order valence-electron chi connectivity index (χ2n) is 2.61. The summed E-state index contributed by atoms with van der Waals surface area (Å²) in [5.74, 6) is -3.07. The average Bonchev–Trinajstić information content (AvgIpc) is 2.54. The molecule has 2 aromatic rings. The summed E-state index contributed by atoms with van der Waals surface area (Å²) in [5.41, 5.74) is -0.413. The zero-order valence-corrected chi connectivity index (χ0v) is 6.80. The second kappa shape index (κ2) is 3.17. The van der Waals surface area contributed by atoms with E-state index in [9.17, 15) is 13.2 Å². The Balaban J connectivity index is 2.64. The number of hydrogen-bond acceptors (Lipinski definition) is 2. The van der Waals surface area contributed by atoms with Gasteiger partial charge in [0.2, 0.25) is 0 Å². The van der Waals surface area contributed by atoms with Gasteiger partial charge in [0.1, 0.15) is 17.5 Å². The van der Waals surface area contributed by atoms with Gasteiger partial charge in [-0.1, -0.05) is 0 Å². The Morgan fingerprint density at radius 1 is 1.07 bits per heavy atom. The van der Waals surface area contributed by atoms with Crippen molar-refractivity contribution in [3.63, 3.8) is 0 Å². The van der Waals surface area contributed by atoms with Crippen LogP contribution in [0.3, 0.4) is 0 Å². The number of hydrogen-bond donors (Lipinski definition) is 0. The van der Waals surface area contributed by atoms with Crippen LogP contribution in [0.5, 0.6) is 0 Å². The van der Waals surface area contributed by atoms with E-state index < -0.39 is 23.0 Å². The van der Waals surface area contributed by atoms with Crippen LogP contribution in [0.4, 0.5) is 13.2 Å². The minimum Gasteiger partial charge on any atom is -0.443 e. The number of nitrogens with zero attached hydrogens (tertiary/aromatic N) is 1. The van der Waals surface area contributed by atoms with E-state index >= 15 is 0 Å². The molecule has 0 aliphatic rings. The molecule has 0 saturated carbocycles. The lowest BCUT2D eigenvalue weighted by Crippen LogP contribution is -1.90. The lowest BCUT2D eigenvalue weighted by molar-refractivity contribution is 0.526. The molecule has 0 saturated heterocycles. The van der Waals surface area contributed by atoms with Crippen molar-refractivity contribution < 1.29 is 17.6 Å². The van der Waals surface area contributed by atoms with Crippen molar-refractivity contribution >= 4 is 0 Å². The fraction of sp³-hybridized carbons (Fsp3) is 0. The van der Waals surface area contributed by atoms with Crippen LogP contribution in [-0.2, 0) is 0 Å². The molecule has 0 N–H and O–H groups in total. The predicted octanol–water partition coefficient (Wildman–Crippen LogP) is 2.76. The highest BCUT2D eigenvalue weighted by atomic mass is 19.1. The number of aromatic nitrogens is 1. The zero-order chi connectivity index (χ0) is 10.1. The molecule has 72 valence electrons. The van der Waals surface area contributed by atoms with Crippen LogP contribution >= 0.6 is 0 Å². The Kier molecular flexibility index (Phi) is 1.99. The highest BCUT2D eigenvalue weighted by molar-refractivity contribution is 5.57. The van der Waals surface area contributed by atoms with Gasteiger partial charge in [-0.15, -0.1) is 0 Å². The molecule has 2 rings (SSSR count). The topological polar surface area (TPSA) is 26.0 Å². The molecule has 0 bridgehead atoms. The van der Waals surface area contributed by atoms with Crippen molar-refractivity contribution in [3.8, 4) is 11.3 Å². The van der Waals surface area contributed by atoms with Crippen molar-refractivity contribution in [2.45, 2.75) is 0 Å². The zero-order valence-electron chi connectivity index (χ0n) is 6.80. The molecule has 5 heteroatoms. The first-order valence-corrected chi connectivity index (χ1v) is 3.72. The fourth-order valence-electron chi connectivity index (χ4n) is 1.12. The fourth-order valence-corrected chi connectivity index (χ4v) is 1.12. The van der Waals surface area contributed by atoms with Gasteiger partial charge in [-0.2, -0.15) is 0 Å². The molecule has 1 aromatic carbocycles. The molecule has 0 aliphatic heterocycles. The largest absolute Gasteiger partial charge is 0.443 e. The maximum Gasteiger partial charge on any atom is 0.181 e. The molecule has 0 atom stereocenters. The minimum atomic E-state index is -1.01. The van der Waals surface area contributed by atoms with E-state index in [1.165, 1.54) is 0 Å². The smallest absolute Gasteiger partial charge is 0.181 e. The minimum absolute atomic E-state index is 0.0694. The second-order valence-corrected chi connectivity index (χ2v) is 2.61. The molecule has 2 nitrogen and oxygen atoms in total. The summed E-state index contributed by atoms with van der Waals surface area (Å²) in [5, 5.41) is 0. The monoisotopic (exact) mass is 199 g/mol. The van der Waals surface area contributed by atoms with Crippen LogP contribution < -0.4 is 0 Å². The van der Waals surface area contributed by atoms with E-state index in [-0.39, 0.29) is 5.76 Å². The van der Waals surface area contributed by atoms with Gasteiger partial charge >= 0.3 is 0 Å². The van der Waals surface area contributed by atoms with Crippen molar-refractivity contribution in [2.24, 2.45) is 0 Å². The third kappa shape index (κ3) is 1.37. The van der Waals surface area contributed by atoms with E-state index in [2.05, 4.69) is 4.98 Å². The molecular weight excluding hydrogens is 195 g/mol. The van der Waals surface area contributed by atoms with Crippen LogP contribution in [0.25, 0.3) is 11.3 Å². The highest BCUT2D eigenvalue weighted by Gasteiger charge is 2.15. The van der Waals surface area contributed by atoms with Crippen molar-refractivity contribution in [3.05, 3.63) is 42.2 Å².